The molecule has 4 nitrogen and oxygen atoms in total. The van der Waals surface area contributed by atoms with Gasteiger partial charge in [-0.05, 0) is 18.6 Å². The third-order valence-corrected chi connectivity index (χ3v) is 3.41. The molecule has 1 aromatic carbocycles. The van der Waals surface area contributed by atoms with Gasteiger partial charge in [0.15, 0.2) is 12.4 Å². The standard InChI is InChI=1S/C15H15ClN2O2/c1-2-17(11-13-5-3-4-6-14(13)16)15(19)12-7-9-18(20)10-8-12/h3-10H,2,11H2,1H3. The van der Waals surface area contributed by atoms with Gasteiger partial charge < -0.3 is 10.1 Å². The second-order valence-electron chi connectivity index (χ2n) is 4.36. The highest BCUT2D eigenvalue weighted by Crippen LogP contribution is 2.18. The van der Waals surface area contributed by atoms with Crippen molar-refractivity contribution in [2.75, 3.05) is 6.54 Å². The van der Waals surface area contributed by atoms with Gasteiger partial charge in [-0.15, -0.1) is 0 Å². The molecular weight excluding hydrogens is 276 g/mol. The Kier molecular flexibility index (Phi) is 4.58. The third-order valence-electron chi connectivity index (χ3n) is 3.04. The Labute approximate surface area is 122 Å². The number of benzene rings is 1. The molecule has 0 fully saturated rings. The lowest BCUT2D eigenvalue weighted by Gasteiger charge is -2.21. The number of nitrogens with zero attached hydrogens (tertiary/aromatic N) is 2. The zero-order valence-electron chi connectivity index (χ0n) is 11.1. The number of amides is 1. The van der Waals surface area contributed by atoms with E-state index in [1.165, 1.54) is 24.5 Å². The van der Waals surface area contributed by atoms with Crippen molar-refractivity contribution in [1.82, 2.24) is 4.90 Å². The molecule has 0 aliphatic heterocycles. The molecule has 0 aliphatic rings. The molecule has 1 amide bonds. The molecule has 0 radical (unpaired) electrons. The molecule has 104 valence electrons. The van der Waals surface area contributed by atoms with Gasteiger partial charge in [0.25, 0.3) is 5.91 Å². The zero-order valence-corrected chi connectivity index (χ0v) is 11.9. The van der Waals surface area contributed by atoms with E-state index in [2.05, 4.69) is 0 Å². The minimum atomic E-state index is -0.118. The predicted molar refractivity (Wildman–Crippen MR) is 77.3 cm³/mol. The van der Waals surface area contributed by atoms with E-state index >= 15 is 0 Å². The second kappa shape index (κ2) is 6.39. The number of rotatable bonds is 4. The first-order valence-electron chi connectivity index (χ1n) is 6.33. The van der Waals surface area contributed by atoms with Crippen molar-refractivity contribution >= 4 is 17.5 Å². The molecule has 1 heterocycles. The van der Waals surface area contributed by atoms with Crippen molar-refractivity contribution in [3.63, 3.8) is 0 Å². The average molecular weight is 291 g/mol. The number of aromatic nitrogens is 1. The molecule has 0 bridgehead atoms. The van der Waals surface area contributed by atoms with Gasteiger partial charge in [-0.3, -0.25) is 4.79 Å². The first-order valence-corrected chi connectivity index (χ1v) is 6.71. The Morgan fingerprint density at radius 3 is 2.50 bits per heavy atom. The Morgan fingerprint density at radius 2 is 1.90 bits per heavy atom. The Bertz CT molecular complexity index is 599. The van der Waals surface area contributed by atoms with E-state index in [9.17, 15) is 10.0 Å². The summed E-state index contributed by atoms with van der Waals surface area (Å²) in [5, 5.41) is 11.6. The summed E-state index contributed by atoms with van der Waals surface area (Å²) in [5.41, 5.74) is 1.39. The summed E-state index contributed by atoms with van der Waals surface area (Å²) in [6.45, 7) is 2.92. The van der Waals surface area contributed by atoms with E-state index in [4.69, 9.17) is 11.6 Å². The van der Waals surface area contributed by atoms with E-state index in [0.717, 1.165) is 5.56 Å². The van der Waals surface area contributed by atoms with Crippen LogP contribution in [0.1, 0.15) is 22.8 Å². The SMILES string of the molecule is CCN(Cc1ccccc1Cl)C(=O)c1cc[n+]([O-])cc1. The molecule has 0 aliphatic carbocycles. The van der Waals surface area contributed by atoms with Crippen LogP contribution in [0.2, 0.25) is 5.02 Å². The molecule has 2 rings (SSSR count). The highest BCUT2D eigenvalue weighted by molar-refractivity contribution is 6.31. The first-order chi connectivity index (χ1) is 9.61. The van der Waals surface area contributed by atoms with Crippen LogP contribution in [0.3, 0.4) is 0 Å². The topological polar surface area (TPSA) is 47.2 Å². The fourth-order valence-electron chi connectivity index (χ4n) is 1.90. The molecule has 0 N–H and O–H groups in total. The van der Waals surface area contributed by atoms with Crippen molar-refractivity contribution < 1.29 is 9.52 Å². The number of carbonyl (C=O) groups excluding carboxylic acids is 1. The fourth-order valence-corrected chi connectivity index (χ4v) is 2.09. The van der Waals surface area contributed by atoms with Gasteiger partial charge in [-0.2, -0.15) is 4.73 Å². The second-order valence-corrected chi connectivity index (χ2v) is 4.76. The third kappa shape index (κ3) is 3.27. The molecule has 0 saturated carbocycles. The lowest BCUT2D eigenvalue weighted by molar-refractivity contribution is -0.605. The molecule has 0 atom stereocenters. The van der Waals surface area contributed by atoms with E-state index in [0.29, 0.717) is 28.4 Å². The number of hydrogen-bond acceptors (Lipinski definition) is 2. The first kappa shape index (κ1) is 14.3. The number of pyridine rings is 1. The lowest BCUT2D eigenvalue weighted by Crippen LogP contribution is -2.32. The van der Waals surface area contributed by atoms with Crippen LogP contribution in [0.25, 0.3) is 0 Å². The highest BCUT2D eigenvalue weighted by Gasteiger charge is 2.16. The number of carbonyl (C=O) groups is 1. The Morgan fingerprint density at radius 1 is 1.25 bits per heavy atom. The molecule has 0 spiro atoms. The lowest BCUT2D eigenvalue weighted by atomic mass is 10.2. The summed E-state index contributed by atoms with van der Waals surface area (Å²) in [5.74, 6) is -0.118. The highest BCUT2D eigenvalue weighted by atomic mass is 35.5. The minimum absolute atomic E-state index is 0.118. The van der Waals surface area contributed by atoms with Gasteiger partial charge in [0, 0.05) is 30.2 Å². The Balaban J connectivity index is 2.18. The van der Waals surface area contributed by atoms with Gasteiger partial charge in [-0.1, -0.05) is 29.8 Å². The van der Waals surface area contributed by atoms with Crippen molar-refractivity contribution in [3.05, 3.63) is 70.1 Å². The van der Waals surface area contributed by atoms with Crippen molar-refractivity contribution in [2.24, 2.45) is 0 Å². The monoisotopic (exact) mass is 290 g/mol. The van der Waals surface area contributed by atoms with Crippen LogP contribution in [-0.4, -0.2) is 17.4 Å². The summed E-state index contributed by atoms with van der Waals surface area (Å²) in [7, 11) is 0. The van der Waals surface area contributed by atoms with Crippen LogP contribution < -0.4 is 4.73 Å². The molecular formula is C15H15ClN2O2. The number of halogens is 1. The Hall–Kier alpha value is -2.07. The van der Waals surface area contributed by atoms with E-state index < -0.39 is 0 Å². The maximum absolute atomic E-state index is 12.4. The van der Waals surface area contributed by atoms with Gasteiger partial charge in [0.2, 0.25) is 0 Å². The summed E-state index contributed by atoms with van der Waals surface area (Å²) < 4.78 is 0.654. The maximum Gasteiger partial charge on any atom is 0.254 e. The van der Waals surface area contributed by atoms with E-state index in [-0.39, 0.29) is 5.91 Å². The van der Waals surface area contributed by atoms with Crippen LogP contribution in [0.4, 0.5) is 0 Å². The van der Waals surface area contributed by atoms with Crippen LogP contribution in [-0.2, 0) is 6.54 Å². The van der Waals surface area contributed by atoms with E-state index in [1.54, 1.807) is 11.0 Å². The van der Waals surface area contributed by atoms with Gasteiger partial charge in [-0.25, -0.2) is 0 Å². The molecule has 20 heavy (non-hydrogen) atoms. The van der Waals surface area contributed by atoms with Crippen LogP contribution in [0, 0.1) is 5.21 Å². The smallest absolute Gasteiger partial charge is 0.254 e. The molecule has 0 unspecified atom stereocenters. The van der Waals surface area contributed by atoms with Crippen LogP contribution >= 0.6 is 11.6 Å². The summed E-state index contributed by atoms with van der Waals surface area (Å²) in [4.78, 5) is 14.1. The minimum Gasteiger partial charge on any atom is -0.619 e. The van der Waals surface area contributed by atoms with Gasteiger partial charge >= 0.3 is 0 Å². The van der Waals surface area contributed by atoms with Crippen LogP contribution in [0.15, 0.2) is 48.8 Å². The largest absolute Gasteiger partial charge is 0.619 e. The molecule has 1 aromatic heterocycles. The fraction of sp³-hybridized carbons (Fsp3) is 0.200. The summed E-state index contributed by atoms with van der Waals surface area (Å²) >= 11 is 6.11. The van der Waals surface area contributed by atoms with E-state index in [1.807, 2.05) is 25.1 Å². The van der Waals surface area contributed by atoms with Crippen molar-refractivity contribution in [3.8, 4) is 0 Å². The predicted octanol–water partition coefficient (Wildman–Crippen LogP) is 2.64. The normalized spacial score (nSPS) is 10.3. The quantitative estimate of drug-likeness (QED) is 0.642. The summed E-state index contributed by atoms with van der Waals surface area (Å²) in [6.07, 6.45) is 2.63. The number of hydrogen-bond donors (Lipinski definition) is 0. The van der Waals surface area contributed by atoms with Crippen molar-refractivity contribution in [1.29, 1.82) is 0 Å². The van der Waals surface area contributed by atoms with Gasteiger partial charge in [0.05, 0.1) is 5.56 Å². The average Bonchev–Trinajstić information content (AvgIpc) is 2.46. The van der Waals surface area contributed by atoms with Gasteiger partial charge in [0.1, 0.15) is 0 Å². The maximum atomic E-state index is 12.4. The van der Waals surface area contributed by atoms with Crippen molar-refractivity contribution in [2.45, 2.75) is 13.5 Å². The molecule has 5 heteroatoms. The molecule has 2 aromatic rings. The summed E-state index contributed by atoms with van der Waals surface area (Å²) in [6, 6.07) is 10.5. The zero-order chi connectivity index (χ0) is 14.5. The van der Waals surface area contributed by atoms with Crippen LogP contribution in [0.5, 0.6) is 0 Å². The molecule has 0 saturated heterocycles.